The average Bonchev–Trinajstić information content (AvgIpc) is 2.95. The third kappa shape index (κ3) is 5.28. The highest BCUT2D eigenvalue weighted by Crippen LogP contribution is 2.23. The molecule has 0 aliphatic carbocycles. The molecule has 0 aromatic carbocycles. The molecule has 2 heterocycles. The maximum atomic E-state index is 12.4. The van der Waals surface area contributed by atoms with Gasteiger partial charge in [-0.05, 0) is 44.6 Å². The fourth-order valence-corrected chi connectivity index (χ4v) is 5.02. The summed E-state index contributed by atoms with van der Waals surface area (Å²) in [6.07, 6.45) is 4.60. The van der Waals surface area contributed by atoms with Gasteiger partial charge in [0.25, 0.3) is 0 Å². The highest BCUT2D eigenvalue weighted by atomic mass is 32.2. The molecule has 2 aliphatic rings. The Morgan fingerprint density at radius 3 is 2.44 bits per heavy atom. The molecule has 2 rings (SSSR count). The lowest BCUT2D eigenvalue weighted by Gasteiger charge is -2.33. The molecule has 7 nitrogen and oxygen atoms in total. The van der Waals surface area contributed by atoms with E-state index in [1.807, 2.05) is 11.8 Å². The number of carbonyl (C=O) groups excluding carboxylic acids is 2. The highest BCUT2D eigenvalue weighted by molar-refractivity contribution is 7.89. The molecule has 0 bridgehead atoms. The Morgan fingerprint density at radius 1 is 1.24 bits per heavy atom. The fourth-order valence-electron chi connectivity index (χ4n) is 3.48. The third-order valence-corrected chi connectivity index (χ3v) is 7.11. The van der Waals surface area contributed by atoms with E-state index in [0.29, 0.717) is 38.6 Å². The molecular formula is C17H29N3O4S. The molecule has 2 fully saturated rings. The van der Waals surface area contributed by atoms with Crippen LogP contribution in [0.25, 0.3) is 0 Å². The van der Waals surface area contributed by atoms with Crippen molar-refractivity contribution in [3.8, 4) is 0 Å². The first-order valence-corrected chi connectivity index (χ1v) is 10.6. The minimum Gasteiger partial charge on any atom is -0.341 e. The van der Waals surface area contributed by atoms with Gasteiger partial charge in [-0.2, -0.15) is 0 Å². The van der Waals surface area contributed by atoms with Crippen LogP contribution in [0.15, 0.2) is 12.7 Å². The largest absolute Gasteiger partial charge is 0.341 e. The van der Waals surface area contributed by atoms with Gasteiger partial charge in [-0.3, -0.25) is 9.59 Å². The van der Waals surface area contributed by atoms with Crippen molar-refractivity contribution < 1.29 is 18.0 Å². The van der Waals surface area contributed by atoms with Gasteiger partial charge in [-0.15, -0.1) is 0 Å². The Morgan fingerprint density at radius 2 is 1.92 bits per heavy atom. The fraction of sp³-hybridized carbons (Fsp3) is 0.765. The van der Waals surface area contributed by atoms with Gasteiger partial charge in [0, 0.05) is 32.7 Å². The lowest BCUT2D eigenvalue weighted by Crippen LogP contribution is -2.45. The SMILES string of the molecule is C=CC(=O)N(CC)CC(=O)N1CCC(CCN2CCCS2(=O)=O)CC1. The van der Waals surface area contributed by atoms with Crippen molar-refractivity contribution in [3.05, 3.63) is 12.7 Å². The normalized spacial score (nSPS) is 21.2. The summed E-state index contributed by atoms with van der Waals surface area (Å²) in [7, 11) is -3.02. The number of piperidine rings is 1. The van der Waals surface area contributed by atoms with Gasteiger partial charge in [0.05, 0.1) is 12.3 Å². The molecule has 0 N–H and O–H groups in total. The third-order valence-electron chi connectivity index (χ3n) is 5.15. The van der Waals surface area contributed by atoms with Crippen LogP contribution in [0.5, 0.6) is 0 Å². The van der Waals surface area contributed by atoms with Crippen LogP contribution >= 0.6 is 0 Å². The summed E-state index contributed by atoms with van der Waals surface area (Å²) in [4.78, 5) is 27.3. The summed E-state index contributed by atoms with van der Waals surface area (Å²) in [6, 6.07) is 0. The number of hydrogen-bond acceptors (Lipinski definition) is 4. The van der Waals surface area contributed by atoms with Crippen molar-refractivity contribution in [2.75, 3.05) is 45.0 Å². The van der Waals surface area contributed by atoms with Crippen molar-refractivity contribution in [1.82, 2.24) is 14.1 Å². The zero-order chi connectivity index (χ0) is 18.4. The molecule has 0 aromatic heterocycles. The Labute approximate surface area is 150 Å². The predicted molar refractivity (Wildman–Crippen MR) is 96.3 cm³/mol. The molecule has 25 heavy (non-hydrogen) atoms. The minimum atomic E-state index is -3.02. The Bertz CT molecular complexity index is 597. The molecule has 2 saturated heterocycles. The summed E-state index contributed by atoms with van der Waals surface area (Å²) in [6.45, 7) is 8.47. The molecule has 8 heteroatoms. The molecule has 0 unspecified atom stereocenters. The van der Waals surface area contributed by atoms with E-state index >= 15 is 0 Å². The second kappa shape index (κ2) is 8.80. The van der Waals surface area contributed by atoms with Crippen LogP contribution in [0.2, 0.25) is 0 Å². The molecule has 0 atom stereocenters. The van der Waals surface area contributed by atoms with Gasteiger partial charge in [0.1, 0.15) is 0 Å². The van der Waals surface area contributed by atoms with E-state index in [0.717, 1.165) is 25.7 Å². The van der Waals surface area contributed by atoms with Crippen LogP contribution in [-0.4, -0.2) is 79.4 Å². The van der Waals surface area contributed by atoms with Gasteiger partial charge in [0.15, 0.2) is 0 Å². The van der Waals surface area contributed by atoms with E-state index in [9.17, 15) is 18.0 Å². The van der Waals surface area contributed by atoms with E-state index in [4.69, 9.17) is 0 Å². The van der Waals surface area contributed by atoms with Gasteiger partial charge < -0.3 is 9.80 Å². The quantitative estimate of drug-likeness (QED) is 0.617. The Balaban J connectivity index is 1.74. The average molecular weight is 372 g/mol. The van der Waals surface area contributed by atoms with E-state index in [1.165, 1.54) is 11.0 Å². The van der Waals surface area contributed by atoms with E-state index < -0.39 is 10.0 Å². The zero-order valence-electron chi connectivity index (χ0n) is 15.0. The second-order valence-electron chi connectivity index (χ2n) is 6.74. The number of amides is 2. The number of carbonyl (C=O) groups is 2. The lowest BCUT2D eigenvalue weighted by atomic mass is 9.93. The monoisotopic (exact) mass is 371 g/mol. The Kier molecular flexibility index (Phi) is 7.01. The summed E-state index contributed by atoms with van der Waals surface area (Å²) >= 11 is 0. The molecule has 0 aromatic rings. The number of sulfonamides is 1. The number of hydrogen-bond donors (Lipinski definition) is 0. The topological polar surface area (TPSA) is 78.0 Å². The van der Waals surface area contributed by atoms with Crippen molar-refractivity contribution in [2.24, 2.45) is 5.92 Å². The van der Waals surface area contributed by atoms with Gasteiger partial charge >= 0.3 is 0 Å². The first kappa shape index (κ1) is 19.9. The Hall–Kier alpha value is -1.41. The molecule has 0 spiro atoms. The van der Waals surface area contributed by atoms with Gasteiger partial charge in [-0.1, -0.05) is 6.58 Å². The van der Waals surface area contributed by atoms with Crippen LogP contribution in [0, 0.1) is 5.92 Å². The smallest absolute Gasteiger partial charge is 0.246 e. The van der Waals surface area contributed by atoms with Crippen LogP contribution in [0.3, 0.4) is 0 Å². The zero-order valence-corrected chi connectivity index (χ0v) is 15.8. The van der Waals surface area contributed by atoms with Crippen molar-refractivity contribution in [1.29, 1.82) is 0 Å². The van der Waals surface area contributed by atoms with Crippen LogP contribution in [0.4, 0.5) is 0 Å². The maximum Gasteiger partial charge on any atom is 0.246 e. The van der Waals surface area contributed by atoms with Crippen LogP contribution in [0.1, 0.15) is 32.6 Å². The number of likely N-dealkylation sites (tertiary alicyclic amines) is 1. The first-order valence-electron chi connectivity index (χ1n) is 9.04. The minimum absolute atomic E-state index is 0.0300. The van der Waals surface area contributed by atoms with Gasteiger partial charge in [-0.25, -0.2) is 12.7 Å². The van der Waals surface area contributed by atoms with Crippen LogP contribution in [-0.2, 0) is 19.6 Å². The lowest BCUT2D eigenvalue weighted by molar-refractivity contribution is -0.139. The molecule has 0 radical (unpaired) electrons. The molecule has 2 amide bonds. The molecule has 142 valence electrons. The second-order valence-corrected chi connectivity index (χ2v) is 8.83. The summed E-state index contributed by atoms with van der Waals surface area (Å²) in [5.74, 6) is 0.476. The molecular weight excluding hydrogens is 342 g/mol. The van der Waals surface area contributed by atoms with Crippen molar-refractivity contribution >= 4 is 21.8 Å². The number of likely N-dealkylation sites (N-methyl/N-ethyl adjacent to an activating group) is 1. The summed E-state index contributed by atoms with van der Waals surface area (Å²) < 4.78 is 25.2. The maximum absolute atomic E-state index is 12.4. The molecule has 0 saturated carbocycles. The van der Waals surface area contributed by atoms with E-state index in [2.05, 4.69) is 6.58 Å². The summed E-state index contributed by atoms with van der Waals surface area (Å²) in [5.41, 5.74) is 0. The van der Waals surface area contributed by atoms with Crippen LogP contribution < -0.4 is 0 Å². The van der Waals surface area contributed by atoms with Crippen molar-refractivity contribution in [2.45, 2.75) is 32.6 Å². The first-order chi connectivity index (χ1) is 11.9. The predicted octanol–water partition coefficient (Wildman–Crippen LogP) is 0.685. The summed E-state index contributed by atoms with van der Waals surface area (Å²) in [5, 5.41) is 0. The number of rotatable bonds is 7. The van der Waals surface area contributed by atoms with Crippen molar-refractivity contribution in [3.63, 3.8) is 0 Å². The standard InChI is InChI=1S/C17H29N3O4S/c1-3-16(21)18(4-2)14-17(22)19-10-6-15(7-11-19)8-12-20-9-5-13-25(20,23)24/h3,15H,1,4-14H2,2H3. The highest BCUT2D eigenvalue weighted by Gasteiger charge is 2.30. The molecule has 2 aliphatic heterocycles. The van der Waals surface area contributed by atoms with E-state index in [-0.39, 0.29) is 24.1 Å². The number of nitrogens with zero attached hydrogens (tertiary/aromatic N) is 3. The van der Waals surface area contributed by atoms with E-state index in [1.54, 1.807) is 4.31 Å². The van der Waals surface area contributed by atoms with Gasteiger partial charge in [0.2, 0.25) is 21.8 Å².